The standard InChI is InChI=1S/C26H26N4O5/c1-16-24(34-15-28-16)25(32)27-14-22-17(2)35-26(30-22)19-7-9-20(10-8-19)29-23(31)13-6-18-4-11-21(33-3)12-5-18/h4-5,7-12,15H,6,13-14H2,1-3H3,(H,27,32)(H,29,31). The molecule has 0 aliphatic carbocycles. The number of nitrogens with zero attached hydrogens (tertiary/aromatic N) is 2. The van der Waals surface area contributed by atoms with E-state index in [9.17, 15) is 9.59 Å². The Morgan fingerprint density at radius 3 is 2.43 bits per heavy atom. The number of anilines is 1. The van der Waals surface area contributed by atoms with Crippen molar-refractivity contribution in [2.75, 3.05) is 12.4 Å². The van der Waals surface area contributed by atoms with Crippen molar-refractivity contribution in [2.24, 2.45) is 0 Å². The number of ether oxygens (including phenoxy) is 1. The highest BCUT2D eigenvalue weighted by atomic mass is 16.5. The van der Waals surface area contributed by atoms with Crippen LogP contribution < -0.4 is 15.4 Å². The first-order valence-corrected chi connectivity index (χ1v) is 11.1. The summed E-state index contributed by atoms with van der Waals surface area (Å²) in [5.41, 5.74) is 3.65. The third kappa shape index (κ3) is 5.94. The number of benzene rings is 2. The second-order valence-corrected chi connectivity index (χ2v) is 7.95. The molecule has 2 aromatic heterocycles. The van der Waals surface area contributed by atoms with Gasteiger partial charge in [0.1, 0.15) is 17.2 Å². The van der Waals surface area contributed by atoms with Crippen LogP contribution in [0.1, 0.15) is 39.7 Å². The van der Waals surface area contributed by atoms with Crippen LogP contribution in [-0.4, -0.2) is 28.9 Å². The summed E-state index contributed by atoms with van der Waals surface area (Å²) >= 11 is 0. The van der Waals surface area contributed by atoms with Crippen LogP contribution in [0.4, 0.5) is 5.69 Å². The summed E-state index contributed by atoms with van der Waals surface area (Å²) in [5.74, 6) is 1.56. The van der Waals surface area contributed by atoms with E-state index in [2.05, 4.69) is 20.6 Å². The fourth-order valence-electron chi connectivity index (χ4n) is 3.45. The van der Waals surface area contributed by atoms with Gasteiger partial charge in [-0.15, -0.1) is 0 Å². The molecule has 0 aliphatic heterocycles. The van der Waals surface area contributed by atoms with E-state index in [1.165, 1.54) is 6.39 Å². The second-order valence-electron chi connectivity index (χ2n) is 7.95. The maximum Gasteiger partial charge on any atom is 0.289 e. The summed E-state index contributed by atoms with van der Waals surface area (Å²) in [4.78, 5) is 33.0. The molecule has 180 valence electrons. The highest BCUT2D eigenvalue weighted by Gasteiger charge is 2.16. The summed E-state index contributed by atoms with van der Waals surface area (Å²) in [6.45, 7) is 3.68. The molecule has 0 aliphatic rings. The number of methoxy groups -OCH3 is 1. The van der Waals surface area contributed by atoms with Crippen LogP contribution in [0.15, 0.2) is 63.8 Å². The zero-order chi connectivity index (χ0) is 24.8. The van der Waals surface area contributed by atoms with Gasteiger partial charge in [0.15, 0.2) is 6.39 Å². The molecule has 2 amide bonds. The SMILES string of the molecule is COc1ccc(CCC(=O)Nc2ccc(-c3nc(CNC(=O)c4ocnc4C)c(C)o3)cc2)cc1. The summed E-state index contributed by atoms with van der Waals surface area (Å²) in [7, 11) is 1.62. The Labute approximate surface area is 202 Å². The second kappa shape index (κ2) is 10.7. The van der Waals surface area contributed by atoms with Gasteiger partial charge in [0.25, 0.3) is 5.91 Å². The Morgan fingerprint density at radius 1 is 1.03 bits per heavy atom. The van der Waals surface area contributed by atoms with E-state index in [-0.39, 0.29) is 24.1 Å². The van der Waals surface area contributed by atoms with Crippen LogP contribution in [0.3, 0.4) is 0 Å². The molecular weight excluding hydrogens is 448 g/mol. The van der Waals surface area contributed by atoms with Gasteiger partial charge in [-0.25, -0.2) is 9.97 Å². The molecule has 2 N–H and O–H groups in total. The quantitative estimate of drug-likeness (QED) is 0.368. The molecule has 4 rings (SSSR count). The van der Waals surface area contributed by atoms with Crippen molar-refractivity contribution >= 4 is 17.5 Å². The molecule has 0 radical (unpaired) electrons. The first kappa shape index (κ1) is 23.7. The molecule has 9 heteroatoms. The number of nitrogens with one attached hydrogen (secondary N) is 2. The normalized spacial score (nSPS) is 10.7. The van der Waals surface area contributed by atoms with Crippen molar-refractivity contribution in [3.63, 3.8) is 0 Å². The monoisotopic (exact) mass is 474 g/mol. The van der Waals surface area contributed by atoms with Crippen molar-refractivity contribution in [3.05, 3.63) is 83.4 Å². The predicted molar refractivity (Wildman–Crippen MR) is 129 cm³/mol. The van der Waals surface area contributed by atoms with Crippen molar-refractivity contribution in [1.82, 2.24) is 15.3 Å². The number of oxazole rings is 2. The van der Waals surface area contributed by atoms with Crippen LogP contribution in [-0.2, 0) is 17.8 Å². The Bertz CT molecular complexity index is 1310. The minimum Gasteiger partial charge on any atom is -0.497 e. The fraction of sp³-hybridized carbons (Fsp3) is 0.231. The van der Waals surface area contributed by atoms with Gasteiger partial charge in [-0.1, -0.05) is 12.1 Å². The smallest absolute Gasteiger partial charge is 0.289 e. The zero-order valence-corrected chi connectivity index (χ0v) is 19.8. The summed E-state index contributed by atoms with van der Waals surface area (Å²) in [6, 6.07) is 14.9. The molecule has 9 nitrogen and oxygen atoms in total. The van der Waals surface area contributed by atoms with E-state index >= 15 is 0 Å². The summed E-state index contributed by atoms with van der Waals surface area (Å²) < 4.78 is 16.0. The number of carbonyl (C=O) groups is 2. The minimum absolute atomic E-state index is 0.0689. The van der Waals surface area contributed by atoms with Crippen molar-refractivity contribution in [3.8, 4) is 17.2 Å². The van der Waals surface area contributed by atoms with Crippen molar-refractivity contribution < 1.29 is 23.2 Å². The molecule has 0 spiro atoms. The van der Waals surface area contributed by atoms with E-state index in [4.69, 9.17) is 13.6 Å². The van der Waals surface area contributed by atoms with E-state index in [0.29, 0.717) is 41.6 Å². The molecule has 0 bridgehead atoms. The van der Waals surface area contributed by atoms with E-state index in [1.807, 2.05) is 36.4 Å². The maximum absolute atomic E-state index is 12.3. The van der Waals surface area contributed by atoms with Gasteiger partial charge < -0.3 is 24.2 Å². The average molecular weight is 475 g/mol. The highest BCUT2D eigenvalue weighted by Crippen LogP contribution is 2.24. The number of hydrogen-bond donors (Lipinski definition) is 2. The molecule has 0 saturated carbocycles. The molecule has 4 aromatic rings. The Balaban J connectivity index is 1.31. The number of aromatic nitrogens is 2. The molecule has 0 unspecified atom stereocenters. The maximum atomic E-state index is 12.3. The van der Waals surface area contributed by atoms with Gasteiger partial charge in [-0.2, -0.15) is 0 Å². The Morgan fingerprint density at radius 2 is 1.77 bits per heavy atom. The van der Waals surface area contributed by atoms with E-state index in [1.54, 1.807) is 33.1 Å². The number of carbonyl (C=O) groups excluding carboxylic acids is 2. The van der Waals surface area contributed by atoms with Crippen LogP contribution in [0.25, 0.3) is 11.5 Å². The van der Waals surface area contributed by atoms with Gasteiger partial charge in [-0.3, -0.25) is 9.59 Å². The van der Waals surface area contributed by atoms with Gasteiger partial charge in [0.2, 0.25) is 17.6 Å². The number of aryl methyl sites for hydroxylation is 3. The highest BCUT2D eigenvalue weighted by molar-refractivity contribution is 5.92. The van der Waals surface area contributed by atoms with Gasteiger partial charge in [-0.05, 0) is 62.2 Å². The molecular formula is C26H26N4O5. The van der Waals surface area contributed by atoms with Gasteiger partial charge in [0.05, 0.1) is 19.3 Å². The van der Waals surface area contributed by atoms with Crippen LogP contribution in [0, 0.1) is 13.8 Å². The number of hydrogen-bond acceptors (Lipinski definition) is 7. The average Bonchev–Trinajstić information content (AvgIpc) is 3.47. The summed E-state index contributed by atoms with van der Waals surface area (Å²) in [5, 5.41) is 5.66. The van der Waals surface area contributed by atoms with E-state index < -0.39 is 0 Å². The molecule has 0 saturated heterocycles. The van der Waals surface area contributed by atoms with Crippen molar-refractivity contribution in [2.45, 2.75) is 33.2 Å². The lowest BCUT2D eigenvalue weighted by Crippen LogP contribution is -2.23. The molecule has 0 fully saturated rings. The number of amides is 2. The lowest BCUT2D eigenvalue weighted by atomic mass is 10.1. The van der Waals surface area contributed by atoms with Gasteiger partial charge >= 0.3 is 0 Å². The van der Waals surface area contributed by atoms with E-state index in [0.717, 1.165) is 16.9 Å². The molecule has 2 heterocycles. The lowest BCUT2D eigenvalue weighted by Gasteiger charge is -2.06. The zero-order valence-electron chi connectivity index (χ0n) is 19.8. The van der Waals surface area contributed by atoms with Crippen molar-refractivity contribution in [1.29, 1.82) is 0 Å². The topological polar surface area (TPSA) is 119 Å². The van der Waals surface area contributed by atoms with Gasteiger partial charge in [0, 0.05) is 17.7 Å². The third-order valence-corrected chi connectivity index (χ3v) is 5.48. The minimum atomic E-state index is -0.365. The lowest BCUT2D eigenvalue weighted by molar-refractivity contribution is -0.116. The Hall–Kier alpha value is -4.40. The fourth-order valence-corrected chi connectivity index (χ4v) is 3.45. The molecule has 0 atom stereocenters. The van der Waals surface area contributed by atoms with Crippen LogP contribution >= 0.6 is 0 Å². The summed E-state index contributed by atoms with van der Waals surface area (Å²) in [6.07, 6.45) is 2.24. The predicted octanol–water partition coefficient (Wildman–Crippen LogP) is 4.46. The first-order valence-electron chi connectivity index (χ1n) is 11.1. The first-order chi connectivity index (χ1) is 16.9. The molecule has 35 heavy (non-hydrogen) atoms. The number of rotatable bonds is 9. The van der Waals surface area contributed by atoms with Crippen LogP contribution in [0.5, 0.6) is 5.75 Å². The molecule has 2 aromatic carbocycles. The third-order valence-electron chi connectivity index (χ3n) is 5.48. The Kier molecular flexibility index (Phi) is 7.25. The van der Waals surface area contributed by atoms with Crippen LogP contribution in [0.2, 0.25) is 0 Å². The largest absolute Gasteiger partial charge is 0.497 e.